The number of aromatic amines is 1. The summed E-state index contributed by atoms with van der Waals surface area (Å²) in [4.78, 5) is 42.4. The number of H-pyrrole nitrogens is 1. The van der Waals surface area contributed by atoms with E-state index >= 15 is 0 Å². The van der Waals surface area contributed by atoms with Crippen molar-refractivity contribution in [1.82, 2.24) is 25.4 Å². The average Bonchev–Trinajstić information content (AvgIpc) is 3.45. The number of aromatic nitrogens is 3. The van der Waals surface area contributed by atoms with Crippen molar-refractivity contribution in [3.8, 4) is 6.07 Å². The number of rotatable bonds is 8. The first-order valence-corrected chi connectivity index (χ1v) is 13.9. The molecule has 2 fully saturated rings. The standard InChI is InChI=1S/C30H32N8O3/c1-16-35-29(37-36-16)30(8-9-34-15-26(39)38-22(14-31)12-21-13-25(21)38)23-6-4-19(27(32)40)10-17(23)2-3-18-11-20(28(33)41)5-7-24(18)30/h4-7,10-11,21-22,25,34H,2-3,8-9,12-13,15H2,1H3,(H2,32,40)(H2,33,41)(H,35,36,37)/t21-,22+,25+/m1/s1. The van der Waals surface area contributed by atoms with Gasteiger partial charge in [-0.2, -0.15) is 5.26 Å². The molecule has 41 heavy (non-hydrogen) atoms. The maximum Gasteiger partial charge on any atom is 0.248 e. The van der Waals surface area contributed by atoms with Crippen LogP contribution in [0.25, 0.3) is 0 Å². The minimum Gasteiger partial charge on any atom is -0.366 e. The van der Waals surface area contributed by atoms with E-state index in [0.717, 1.165) is 35.1 Å². The van der Waals surface area contributed by atoms with E-state index in [2.05, 4.69) is 26.6 Å². The number of carbonyl (C=O) groups excluding carboxylic acids is 3. The number of fused-ring (bicyclic) bond motifs is 3. The van der Waals surface area contributed by atoms with Crippen molar-refractivity contribution in [1.29, 1.82) is 5.26 Å². The summed E-state index contributed by atoms with van der Waals surface area (Å²) in [6.07, 6.45) is 3.45. The number of piperidine rings is 1. The maximum absolute atomic E-state index is 13.1. The fraction of sp³-hybridized carbons (Fsp3) is 0.400. The predicted molar refractivity (Wildman–Crippen MR) is 149 cm³/mol. The Morgan fingerprint density at radius 2 is 1.68 bits per heavy atom. The van der Waals surface area contributed by atoms with Crippen LogP contribution in [0.3, 0.4) is 0 Å². The van der Waals surface area contributed by atoms with Gasteiger partial charge < -0.3 is 26.7 Å². The zero-order valence-corrected chi connectivity index (χ0v) is 22.8. The number of nitrogens with zero attached hydrogens (tertiary/aromatic N) is 4. The molecular formula is C30H32N8O3. The van der Waals surface area contributed by atoms with Gasteiger partial charge in [0.25, 0.3) is 0 Å². The molecule has 1 aliphatic heterocycles. The summed E-state index contributed by atoms with van der Waals surface area (Å²) < 4.78 is 0. The van der Waals surface area contributed by atoms with Gasteiger partial charge >= 0.3 is 0 Å². The summed E-state index contributed by atoms with van der Waals surface area (Å²) in [6, 6.07) is 13.1. The van der Waals surface area contributed by atoms with E-state index in [4.69, 9.17) is 11.5 Å². The van der Waals surface area contributed by atoms with Crippen LogP contribution in [0.4, 0.5) is 0 Å². The van der Waals surface area contributed by atoms with Crippen LogP contribution in [-0.2, 0) is 23.1 Å². The number of nitrogens with one attached hydrogen (secondary N) is 2. The molecule has 6 N–H and O–H groups in total. The van der Waals surface area contributed by atoms with Crippen molar-refractivity contribution in [3.05, 3.63) is 81.4 Å². The zero-order valence-electron chi connectivity index (χ0n) is 22.8. The Morgan fingerprint density at radius 3 is 2.22 bits per heavy atom. The highest BCUT2D eigenvalue weighted by molar-refractivity contribution is 5.94. The van der Waals surface area contributed by atoms with Gasteiger partial charge in [0.2, 0.25) is 17.7 Å². The summed E-state index contributed by atoms with van der Waals surface area (Å²) in [5.41, 5.74) is 15.0. The normalized spacial score (nSPS) is 21.7. The SMILES string of the molecule is Cc1nnc(C2(CCNCC(=O)N3[C@H](C#N)C[C@@H]4C[C@@H]43)c3ccc(C(N)=O)cc3CCc3cc(C(N)=O)ccc32)[nH]1. The minimum absolute atomic E-state index is 0.0648. The van der Waals surface area contributed by atoms with Gasteiger partial charge in [0.15, 0.2) is 0 Å². The lowest BCUT2D eigenvalue weighted by Gasteiger charge is -2.35. The lowest BCUT2D eigenvalue weighted by atomic mass is 9.69. The number of benzene rings is 2. The van der Waals surface area contributed by atoms with Crippen molar-refractivity contribution in [2.75, 3.05) is 13.1 Å². The molecule has 1 saturated heterocycles. The van der Waals surface area contributed by atoms with Gasteiger partial charge in [-0.1, -0.05) is 12.1 Å². The number of hydrogen-bond donors (Lipinski definition) is 4. The molecule has 0 radical (unpaired) electrons. The van der Waals surface area contributed by atoms with Crippen molar-refractivity contribution in [3.63, 3.8) is 0 Å². The molecule has 2 heterocycles. The van der Waals surface area contributed by atoms with Crippen LogP contribution in [0.1, 0.15) is 73.9 Å². The van der Waals surface area contributed by atoms with E-state index in [1.54, 1.807) is 17.0 Å². The molecule has 210 valence electrons. The van der Waals surface area contributed by atoms with Crippen molar-refractivity contribution >= 4 is 17.7 Å². The number of primary amides is 2. The molecule has 3 aromatic rings. The Hall–Kier alpha value is -4.56. The molecule has 3 atom stereocenters. The van der Waals surface area contributed by atoms with Crippen LogP contribution in [0, 0.1) is 24.2 Å². The van der Waals surface area contributed by atoms with E-state index < -0.39 is 17.2 Å². The fourth-order valence-electron chi connectivity index (χ4n) is 6.83. The summed E-state index contributed by atoms with van der Waals surface area (Å²) in [5.74, 6) is 0.634. The maximum atomic E-state index is 13.1. The first-order chi connectivity index (χ1) is 19.7. The Labute approximate surface area is 237 Å². The summed E-state index contributed by atoms with van der Waals surface area (Å²) in [5, 5.41) is 21.7. The lowest BCUT2D eigenvalue weighted by Crippen LogP contribution is -2.44. The third kappa shape index (κ3) is 4.54. The number of carbonyl (C=O) groups is 3. The molecule has 0 bridgehead atoms. The van der Waals surface area contributed by atoms with E-state index in [1.165, 1.54) is 0 Å². The van der Waals surface area contributed by atoms with Gasteiger partial charge in [0, 0.05) is 17.2 Å². The predicted octanol–water partition coefficient (Wildman–Crippen LogP) is 1.24. The van der Waals surface area contributed by atoms with E-state index in [0.29, 0.717) is 54.5 Å². The number of amides is 3. The molecule has 11 heteroatoms. The molecule has 1 aromatic heterocycles. The Balaban J connectivity index is 1.39. The zero-order chi connectivity index (χ0) is 28.9. The van der Waals surface area contributed by atoms with Gasteiger partial charge in [-0.25, -0.2) is 0 Å². The van der Waals surface area contributed by atoms with Crippen molar-refractivity contribution < 1.29 is 14.4 Å². The molecule has 0 unspecified atom stereocenters. The molecule has 0 spiro atoms. The van der Waals surface area contributed by atoms with Crippen LogP contribution in [0.5, 0.6) is 0 Å². The number of nitriles is 1. The Kier molecular flexibility index (Phi) is 6.58. The number of likely N-dealkylation sites (tertiary alicyclic amines) is 1. The van der Waals surface area contributed by atoms with Gasteiger partial charge in [-0.05, 0) is 98.0 Å². The highest BCUT2D eigenvalue weighted by atomic mass is 16.2. The van der Waals surface area contributed by atoms with Crippen LogP contribution in [0.2, 0.25) is 0 Å². The summed E-state index contributed by atoms with van der Waals surface area (Å²) in [7, 11) is 0. The van der Waals surface area contributed by atoms with Gasteiger partial charge in [-0.3, -0.25) is 14.4 Å². The fourth-order valence-corrected chi connectivity index (χ4v) is 6.83. The number of nitrogens with two attached hydrogens (primary N) is 2. The molecular weight excluding hydrogens is 520 g/mol. The molecule has 11 nitrogen and oxygen atoms in total. The Morgan fingerprint density at radius 1 is 1.05 bits per heavy atom. The van der Waals surface area contributed by atoms with Gasteiger partial charge in [0.05, 0.1) is 18.0 Å². The first-order valence-electron chi connectivity index (χ1n) is 13.9. The van der Waals surface area contributed by atoms with E-state index in [9.17, 15) is 19.6 Å². The second-order valence-electron chi connectivity index (χ2n) is 11.3. The first kappa shape index (κ1) is 26.7. The monoisotopic (exact) mass is 552 g/mol. The smallest absolute Gasteiger partial charge is 0.248 e. The summed E-state index contributed by atoms with van der Waals surface area (Å²) in [6.45, 7) is 2.39. The minimum atomic E-state index is -0.838. The second kappa shape index (κ2) is 10.1. The van der Waals surface area contributed by atoms with Crippen molar-refractivity contribution in [2.45, 2.75) is 56.5 Å². The van der Waals surface area contributed by atoms with E-state index in [1.807, 2.05) is 31.2 Å². The third-order valence-corrected chi connectivity index (χ3v) is 8.86. The van der Waals surface area contributed by atoms with Crippen LogP contribution >= 0.6 is 0 Å². The van der Waals surface area contributed by atoms with Crippen LogP contribution in [-0.4, -0.2) is 63.0 Å². The highest BCUT2D eigenvalue weighted by Gasteiger charge is 2.54. The topological polar surface area (TPSA) is 184 Å². The molecule has 6 rings (SSSR count). The molecule has 2 aliphatic carbocycles. The number of aryl methyl sites for hydroxylation is 3. The van der Waals surface area contributed by atoms with Gasteiger partial charge in [-0.15, -0.1) is 10.2 Å². The van der Waals surface area contributed by atoms with E-state index in [-0.39, 0.29) is 24.5 Å². The largest absolute Gasteiger partial charge is 0.366 e. The van der Waals surface area contributed by atoms with Gasteiger partial charge in [0.1, 0.15) is 17.7 Å². The average molecular weight is 553 g/mol. The lowest BCUT2D eigenvalue weighted by molar-refractivity contribution is -0.131. The summed E-state index contributed by atoms with van der Waals surface area (Å²) >= 11 is 0. The van der Waals surface area contributed by atoms with Crippen molar-refractivity contribution in [2.24, 2.45) is 17.4 Å². The molecule has 1 saturated carbocycles. The highest BCUT2D eigenvalue weighted by Crippen LogP contribution is 2.48. The van der Waals surface area contributed by atoms with Crippen LogP contribution in [0.15, 0.2) is 36.4 Å². The number of hydrogen-bond acceptors (Lipinski definition) is 7. The van der Waals surface area contributed by atoms with Crippen LogP contribution < -0.4 is 16.8 Å². The molecule has 3 amide bonds. The molecule has 3 aliphatic rings. The molecule has 2 aromatic carbocycles. The Bertz CT molecular complexity index is 1540. The quantitative estimate of drug-likeness (QED) is 0.303. The third-order valence-electron chi connectivity index (χ3n) is 8.86. The second-order valence-corrected chi connectivity index (χ2v) is 11.3.